The van der Waals surface area contributed by atoms with E-state index in [1.54, 1.807) is 14.2 Å². The van der Waals surface area contributed by atoms with Crippen LogP contribution in [0.25, 0.3) is 0 Å². The molecule has 0 saturated carbocycles. The Morgan fingerprint density at radius 3 is 2.53 bits per heavy atom. The molecular weight excluding hydrogens is 378 g/mol. The van der Waals surface area contributed by atoms with Gasteiger partial charge in [-0.15, -0.1) is 0 Å². The summed E-state index contributed by atoms with van der Waals surface area (Å²) in [5, 5.41) is 3.46. The minimum absolute atomic E-state index is 0.626. The van der Waals surface area contributed by atoms with E-state index in [0.29, 0.717) is 5.92 Å². The molecule has 30 heavy (non-hydrogen) atoms. The number of nitrogens with one attached hydrogen (secondary N) is 1. The van der Waals surface area contributed by atoms with Crippen molar-refractivity contribution in [3.8, 4) is 5.75 Å². The lowest BCUT2D eigenvalue weighted by Gasteiger charge is -2.36. The molecule has 2 fully saturated rings. The summed E-state index contributed by atoms with van der Waals surface area (Å²) in [6.07, 6.45) is 2.30. The van der Waals surface area contributed by atoms with E-state index < -0.39 is 0 Å². The quantitative estimate of drug-likeness (QED) is 0.377. The van der Waals surface area contributed by atoms with Gasteiger partial charge in [-0.05, 0) is 44.0 Å². The molecule has 2 aliphatic rings. The second-order valence-corrected chi connectivity index (χ2v) is 8.17. The topological polar surface area (TPSA) is 52.6 Å². The summed E-state index contributed by atoms with van der Waals surface area (Å²) < 4.78 is 10.6. The van der Waals surface area contributed by atoms with Crippen LogP contribution < -0.4 is 15.0 Å². The van der Waals surface area contributed by atoms with E-state index in [-0.39, 0.29) is 0 Å². The Morgan fingerprint density at radius 2 is 1.87 bits per heavy atom. The zero-order valence-electron chi connectivity index (χ0n) is 19.0. The first-order chi connectivity index (χ1) is 14.7. The van der Waals surface area contributed by atoms with E-state index in [1.165, 1.54) is 12.1 Å². The van der Waals surface area contributed by atoms with Crippen molar-refractivity contribution >= 4 is 11.6 Å². The number of methoxy groups -OCH3 is 2. The van der Waals surface area contributed by atoms with Gasteiger partial charge >= 0.3 is 0 Å². The van der Waals surface area contributed by atoms with E-state index in [2.05, 4.69) is 39.1 Å². The molecule has 0 amide bonds. The normalized spacial score (nSPS) is 20.6. The second-order valence-electron chi connectivity index (χ2n) is 8.17. The number of anilines is 1. The molecule has 0 aliphatic carbocycles. The SMILES string of the molecule is CCNC(=NCCCN1CCN(c2ccc(OC)cc2)CC1)N1CCC(COC)C1. The molecule has 1 aromatic rings. The van der Waals surface area contributed by atoms with Crippen LogP contribution in [0.5, 0.6) is 5.75 Å². The highest BCUT2D eigenvalue weighted by atomic mass is 16.5. The fourth-order valence-electron chi connectivity index (χ4n) is 4.32. The van der Waals surface area contributed by atoms with Gasteiger partial charge in [0.25, 0.3) is 0 Å². The average Bonchev–Trinajstić information content (AvgIpc) is 3.25. The van der Waals surface area contributed by atoms with Crippen molar-refractivity contribution in [2.45, 2.75) is 19.8 Å². The Labute approximate surface area is 182 Å². The molecule has 0 radical (unpaired) electrons. The number of aliphatic imine (C=N–C) groups is 1. The van der Waals surface area contributed by atoms with Gasteiger partial charge in [0.2, 0.25) is 0 Å². The van der Waals surface area contributed by atoms with Gasteiger partial charge in [-0.25, -0.2) is 0 Å². The number of ether oxygens (including phenoxy) is 2. The summed E-state index contributed by atoms with van der Waals surface area (Å²) in [5.41, 5.74) is 1.28. The summed E-state index contributed by atoms with van der Waals surface area (Å²) >= 11 is 0. The first-order valence-corrected chi connectivity index (χ1v) is 11.4. The van der Waals surface area contributed by atoms with E-state index in [0.717, 1.165) is 83.6 Å². The maximum Gasteiger partial charge on any atom is 0.193 e. The van der Waals surface area contributed by atoms with E-state index in [1.807, 2.05) is 12.1 Å². The predicted octanol–water partition coefficient (Wildman–Crippen LogP) is 2.14. The van der Waals surface area contributed by atoms with Crippen molar-refractivity contribution in [2.75, 3.05) is 84.6 Å². The lowest BCUT2D eigenvalue weighted by molar-refractivity contribution is 0.157. The Balaban J connectivity index is 1.38. The van der Waals surface area contributed by atoms with Crippen molar-refractivity contribution in [2.24, 2.45) is 10.9 Å². The molecule has 1 unspecified atom stereocenters. The molecule has 0 aromatic heterocycles. The number of rotatable bonds is 9. The number of benzene rings is 1. The number of nitrogens with zero attached hydrogens (tertiary/aromatic N) is 4. The molecule has 1 N–H and O–H groups in total. The largest absolute Gasteiger partial charge is 0.497 e. The van der Waals surface area contributed by atoms with Gasteiger partial charge in [-0.1, -0.05) is 0 Å². The molecular formula is C23H39N5O2. The lowest BCUT2D eigenvalue weighted by atomic mass is 10.1. The van der Waals surface area contributed by atoms with Gasteiger partial charge in [0.1, 0.15) is 5.75 Å². The Kier molecular flexibility index (Phi) is 9.08. The van der Waals surface area contributed by atoms with E-state index in [9.17, 15) is 0 Å². The highest BCUT2D eigenvalue weighted by molar-refractivity contribution is 5.80. The standard InChI is InChI=1S/C23H39N5O2/c1-4-24-23(28-13-10-20(18-28)19-29-2)25-11-5-12-26-14-16-27(17-15-26)21-6-8-22(30-3)9-7-21/h6-9,20H,4-5,10-19H2,1-3H3,(H,24,25). The van der Waals surface area contributed by atoms with Gasteiger partial charge in [-0.3, -0.25) is 9.89 Å². The van der Waals surface area contributed by atoms with Crippen LogP contribution >= 0.6 is 0 Å². The Bertz CT molecular complexity index is 643. The van der Waals surface area contributed by atoms with Crippen molar-refractivity contribution in [3.05, 3.63) is 24.3 Å². The third kappa shape index (κ3) is 6.51. The van der Waals surface area contributed by atoms with Gasteiger partial charge in [-0.2, -0.15) is 0 Å². The number of likely N-dealkylation sites (tertiary alicyclic amines) is 1. The average molecular weight is 418 g/mol. The van der Waals surface area contributed by atoms with Gasteiger partial charge in [0.05, 0.1) is 13.7 Å². The fourth-order valence-corrected chi connectivity index (χ4v) is 4.32. The van der Waals surface area contributed by atoms with Crippen LogP contribution in [0, 0.1) is 5.92 Å². The highest BCUT2D eigenvalue weighted by Gasteiger charge is 2.24. The summed E-state index contributed by atoms with van der Waals surface area (Å²) in [6, 6.07) is 8.39. The molecule has 2 saturated heterocycles. The Morgan fingerprint density at radius 1 is 1.10 bits per heavy atom. The van der Waals surface area contributed by atoms with Crippen molar-refractivity contribution in [1.82, 2.24) is 15.1 Å². The second kappa shape index (κ2) is 12.0. The first kappa shape index (κ1) is 22.7. The molecule has 7 nitrogen and oxygen atoms in total. The van der Waals surface area contributed by atoms with Crippen molar-refractivity contribution in [3.63, 3.8) is 0 Å². The molecule has 168 valence electrons. The van der Waals surface area contributed by atoms with Crippen LogP contribution in [0.4, 0.5) is 5.69 Å². The summed E-state index contributed by atoms with van der Waals surface area (Å²) in [7, 11) is 3.50. The molecule has 1 aromatic carbocycles. The van der Waals surface area contributed by atoms with Gasteiger partial charge < -0.3 is 24.6 Å². The zero-order valence-corrected chi connectivity index (χ0v) is 19.0. The Hall–Kier alpha value is -1.99. The fraction of sp³-hybridized carbons (Fsp3) is 0.696. The van der Waals surface area contributed by atoms with Crippen LogP contribution in [-0.4, -0.2) is 95.5 Å². The summed E-state index contributed by atoms with van der Waals surface area (Å²) in [6.45, 7) is 12.4. The van der Waals surface area contributed by atoms with Crippen LogP contribution in [-0.2, 0) is 4.74 Å². The molecule has 0 bridgehead atoms. The highest BCUT2D eigenvalue weighted by Crippen LogP contribution is 2.20. The minimum atomic E-state index is 0.626. The molecule has 3 rings (SSSR count). The lowest BCUT2D eigenvalue weighted by Crippen LogP contribution is -2.46. The molecule has 7 heteroatoms. The molecule has 1 atom stereocenters. The first-order valence-electron chi connectivity index (χ1n) is 11.4. The molecule has 2 heterocycles. The summed E-state index contributed by atoms with van der Waals surface area (Å²) in [5.74, 6) is 2.61. The van der Waals surface area contributed by atoms with E-state index >= 15 is 0 Å². The third-order valence-electron chi connectivity index (χ3n) is 6.03. The molecule has 0 spiro atoms. The third-order valence-corrected chi connectivity index (χ3v) is 6.03. The van der Waals surface area contributed by atoms with Crippen LogP contribution in [0.3, 0.4) is 0 Å². The zero-order chi connectivity index (χ0) is 21.2. The number of hydrogen-bond donors (Lipinski definition) is 1. The van der Waals surface area contributed by atoms with Crippen LogP contribution in [0.15, 0.2) is 29.3 Å². The maximum atomic E-state index is 5.32. The minimum Gasteiger partial charge on any atom is -0.497 e. The monoisotopic (exact) mass is 417 g/mol. The molecule has 2 aliphatic heterocycles. The number of hydrogen-bond acceptors (Lipinski definition) is 5. The summed E-state index contributed by atoms with van der Waals surface area (Å²) in [4.78, 5) is 12.3. The van der Waals surface area contributed by atoms with Crippen molar-refractivity contribution in [1.29, 1.82) is 0 Å². The smallest absolute Gasteiger partial charge is 0.193 e. The van der Waals surface area contributed by atoms with E-state index in [4.69, 9.17) is 14.5 Å². The van der Waals surface area contributed by atoms with Gasteiger partial charge in [0, 0.05) is 77.6 Å². The van der Waals surface area contributed by atoms with Gasteiger partial charge in [0.15, 0.2) is 5.96 Å². The van der Waals surface area contributed by atoms with Crippen LogP contribution in [0.2, 0.25) is 0 Å². The van der Waals surface area contributed by atoms with Crippen LogP contribution in [0.1, 0.15) is 19.8 Å². The predicted molar refractivity (Wildman–Crippen MR) is 124 cm³/mol. The van der Waals surface area contributed by atoms with Crippen molar-refractivity contribution < 1.29 is 9.47 Å². The number of piperazine rings is 1. The maximum absolute atomic E-state index is 5.32. The number of guanidine groups is 1.